The van der Waals surface area contributed by atoms with Gasteiger partial charge in [-0.3, -0.25) is 4.90 Å². The van der Waals surface area contributed by atoms with Gasteiger partial charge in [-0.15, -0.1) is 31.4 Å². The number of benzene rings is 1. The molecule has 0 bridgehead atoms. The molecule has 0 aliphatic carbocycles. The Labute approximate surface area is 144 Å². The Morgan fingerprint density at radius 3 is 2.62 bits per heavy atom. The molecule has 1 aromatic rings. The summed E-state index contributed by atoms with van der Waals surface area (Å²) >= 11 is 6.03. The zero-order chi connectivity index (χ0) is 13.7. The number of phenolic OH excluding ortho intramolecular Hbond substituents is 1. The van der Waals surface area contributed by atoms with Gasteiger partial charge in [0.05, 0.1) is 5.02 Å². The molecule has 1 heterocycles. The third-order valence-electron chi connectivity index (χ3n) is 3.61. The van der Waals surface area contributed by atoms with E-state index in [1.54, 1.807) is 6.07 Å². The SMILES string of the molecule is C=CCC[C@@H](c1cccc(Cl)c1O)N1CCNCC1.Cl.Cl. The second-order valence-electron chi connectivity index (χ2n) is 4.85. The molecule has 1 aliphatic heterocycles. The molecule has 0 radical (unpaired) electrons. The molecule has 0 amide bonds. The Morgan fingerprint density at radius 1 is 1.33 bits per heavy atom. The molecule has 21 heavy (non-hydrogen) atoms. The molecule has 0 unspecified atom stereocenters. The van der Waals surface area contributed by atoms with Crippen molar-refractivity contribution in [2.75, 3.05) is 26.2 Å². The number of rotatable bonds is 5. The van der Waals surface area contributed by atoms with Crippen LogP contribution in [0.25, 0.3) is 0 Å². The van der Waals surface area contributed by atoms with Crippen LogP contribution in [-0.4, -0.2) is 36.2 Å². The van der Waals surface area contributed by atoms with Crippen molar-refractivity contribution in [2.24, 2.45) is 0 Å². The lowest BCUT2D eigenvalue weighted by Gasteiger charge is -2.35. The number of piperazine rings is 1. The van der Waals surface area contributed by atoms with Crippen LogP contribution in [0.3, 0.4) is 0 Å². The predicted octanol–water partition coefficient (Wildman–Crippen LogP) is 3.80. The van der Waals surface area contributed by atoms with Crippen LogP contribution < -0.4 is 5.32 Å². The Balaban J connectivity index is 0.00000200. The number of nitrogens with one attached hydrogen (secondary N) is 1. The van der Waals surface area contributed by atoms with Gasteiger partial charge in [-0.1, -0.05) is 29.8 Å². The molecule has 0 spiro atoms. The third-order valence-corrected chi connectivity index (χ3v) is 3.92. The molecular formula is C15H23Cl3N2O. The quantitative estimate of drug-likeness (QED) is 0.790. The minimum Gasteiger partial charge on any atom is -0.506 e. The second-order valence-corrected chi connectivity index (χ2v) is 5.25. The van der Waals surface area contributed by atoms with E-state index in [-0.39, 0.29) is 36.6 Å². The maximum absolute atomic E-state index is 10.2. The van der Waals surface area contributed by atoms with Crippen LogP contribution >= 0.6 is 36.4 Å². The van der Waals surface area contributed by atoms with Crippen LogP contribution in [0.1, 0.15) is 24.4 Å². The van der Waals surface area contributed by atoms with Gasteiger partial charge in [0.2, 0.25) is 0 Å². The van der Waals surface area contributed by atoms with Gasteiger partial charge in [0.25, 0.3) is 0 Å². The lowest BCUT2D eigenvalue weighted by atomic mass is 9.98. The monoisotopic (exact) mass is 352 g/mol. The van der Waals surface area contributed by atoms with E-state index in [0.29, 0.717) is 5.02 Å². The normalized spacial score (nSPS) is 16.4. The van der Waals surface area contributed by atoms with Gasteiger partial charge >= 0.3 is 0 Å². The van der Waals surface area contributed by atoms with Crippen molar-refractivity contribution in [3.05, 3.63) is 41.4 Å². The van der Waals surface area contributed by atoms with Crippen molar-refractivity contribution in [2.45, 2.75) is 18.9 Å². The molecule has 1 atom stereocenters. The average Bonchev–Trinajstić information content (AvgIpc) is 2.45. The van der Waals surface area contributed by atoms with Crippen molar-refractivity contribution in [3.8, 4) is 5.75 Å². The first kappa shape index (κ1) is 20.6. The first-order chi connectivity index (χ1) is 9.24. The van der Waals surface area contributed by atoms with E-state index < -0.39 is 0 Å². The Hall–Kier alpha value is -0.450. The number of phenols is 1. The van der Waals surface area contributed by atoms with Gasteiger partial charge in [0.15, 0.2) is 0 Å². The zero-order valence-electron chi connectivity index (χ0n) is 11.9. The van der Waals surface area contributed by atoms with Crippen molar-refractivity contribution in [3.63, 3.8) is 0 Å². The minimum atomic E-state index is 0. The van der Waals surface area contributed by atoms with Crippen molar-refractivity contribution in [1.29, 1.82) is 0 Å². The van der Waals surface area contributed by atoms with Crippen molar-refractivity contribution in [1.82, 2.24) is 10.2 Å². The predicted molar refractivity (Wildman–Crippen MR) is 94.2 cm³/mol. The fourth-order valence-corrected chi connectivity index (χ4v) is 2.79. The maximum Gasteiger partial charge on any atom is 0.138 e. The van der Waals surface area contributed by atoms with E-state index in [1.165, 1.54) is 0 Å². The lowest BCUT2D eigenvalue weighted by molar-refractivity contribution is 0.163. The number of para-hydroxylation sites is 1. The van der Waals surface area contributed by atoms with E-state index in [0.717, 1.165) is 44.6 Å². The number of nitrogens with zero attached hydrogens (tertiary/aromatic N) is 1. The summed E-state index contributed by atoms with van der Waals surface area (Å²) in [6.07, 6.45) is 3.81. The highest BCUT2D eigenvalue weighted by molar-refractivity contribution is 6.32. The molecular weight excluding hydrogens is 331 g/mol. The summed E-state index contributed by atoms with van der Waals surface area (Å²) in [7, 11) is 0. The van der Waals surface area contributed by atoms with Gasteiger partial charge in [0, 0.05) is 37.8 Å². The summed E-state index contributed by atoms with van der Waals surface area (Å²) in [5.74, 6) is 0.219. The smallest absolute Gasteiger partial charge is 0.138 e. The van der Waals surface area contributed by atoms with E-state index in [9.17, 15) is 5.11 Å². The topological polar surface area (TPSA) is 35.5 Å². The van der Waals surface area contributed by atoms with Gasteiger partial charge in [0.1, 0.15) is 5.75 Å². The summed E-state index contributed by atoms with van der Waals surface area (Å²) in [4.78, 5) is 2.41. The molecule has 1 saturated heterocycles. The Bertz CT molecular complexity index is 437. The fraction of sp³-hybridized carbons (Fsp3) is 0.467. The molecule has 6 heteroatoms. The van der Waals surface area contributed by atoms with Gasteiger partial charge < -0.3 is 10.4 Å². The summed E-state index contributed by atoms with van der Waals surface area (Å²) in [6.45, 7) is 7.76. The molecule has 2 rings (SSSR count). The number of hydrogen-bond acceptors (Lipinski definition) is 3. The molecule has 3 nitrogen and oxygen atoms in total. The summed E-state index contributed by atoms with van der Waals surface area (Å²) in [5.41, 5.74) is 0.927. The van der Waals surface area contributed by atoms with E-state index >= 15 is 0 Å². The number of hydrogen-bond donors (Lipinski definition) is 2. The van der Waals surface area contributed by atoms with E-state index in [1.807, 2.05) is 18.2 Å². The van der Waals surface area contributed by atoms with Crippen LogP contribution in [0.5, 0.6) is 5.75 Å². The molecule has 2 N–H and O–H groups in total. The van der Waals surface area contributed by atoms with E-state index in [2.05, 4.69) is 16.8 Å². The Kier molecular flexibility index (Phi) is 10.1. The summed E-state index contributed by atoms with van der Waals surface area (Å²) < 4.78 is 0. The number of aromatic hydroxyl groups is 1. The van der Waals surface area contributed by atoms with Crippen molar-refractivity contribution < 1.29 is 5.11 Å². The van der Waals surface area contributed by atoms with Crippen LogP contribution in [0.2, 0.25) is 5.02 Å². The lowest BCUT2D eigenvalue weighted by Crippen LogP contribution is -2.45. The number of halogens is 3. The highest BCUT2D eigenvalue weighted by Gasteiger charge is 2.24. The molecule has 0 saturated carbocycles. The van der Waals surface area contributed by atoms with Crippen LogP contribution in [0.15, 0.2) is 30.9 Å². The van der Waals surface area contributed by atoms with Gasteiger partial charge in [-0.2, -0.15) is 0 Å². The minimum absolute atomic E-state index is 0. The first-order valence-electron chi connectivity index (χ1n) is 6.77. The zero-order valence-corrected chi connectivity index (χ0v) is 14.3. The maximum atomic E-state index is 10.2. The van der Waals surface area contributed by atoms with Crippen molar-refractivity contribution >= 4 is 36.4 Å². The van der Waals surface area contributed by atoms with Crippen LogP contribution in [0, 0.1) is 0 Å². The molecule has 1 fully saturated rings. The van der Waals surface area contributed by atoms with E-state index in [4.69, 9.17) is 11.6 Å². The summed E-state index contributed by atoms with van der Waals surface area (Å²) in [6, 6.07) is 5.80. The fourth-order valence-electron chi connectivity index (χ4n) is 2.61. The standard InChI is InChI=1S/C15H21ClN2O.2ClH/c1-2-3-7-14(18-10-8-17-9-11-18)12-5-4-6-13(16)15(12)19;;/h2,4-6,14,17,19H,1,3,7-11H2;2*1H/t14-;;/m0../s1. The molecule has 120 valence electrons. The molecule has 1 aromatic carbocycles. The van der Waals surface area contributed by atoms with Crippen LogP contribution in [-0.2, 0) is 0 Å². The third kappa shape index (κ3) is 5.35. The second kappa shape index (κ2) is 10.3. The number of allylic oxidation sites excluding steroid dienone is 1. The summed E-state index contributed by atoms with van der Waals surface area (Å²) in [5, 5.41) is 14.0. The molecule has 0 aromatic heterocycles. The highest BCUT2D eigenvalue weighted by Crippen LogP contribution is 2.36. The van der Waals surface area contributed by atoms with Gasteiger partial charge in [-0.25, -0.2) is 0 Å². The first-order valence-corrected chi connectivity index (χ1v) is 7.15. The van der Waals surface area contributed by atoms with Crippen LogP contribution in [0.4, 0.5) is 0 Å². The largest absolute Gasteiger partial charge is 0.506 e. The Morgan fingerprint density at radius 2 is 2.00 bits per heavy atom. The average molecular weight is 354 g/mol. The molecule has 1 aliphatic rings. The van der Waals surface area contributed by atoms with Gasteiger partial charge in [-0.05, 0) is 18.9 Å². The highest BCUT2D eigenvalue weighted by atomic mass is 35.5.